The number of hydrogen-bond acceptors (Lipinski definition) is 5. The first kappa shape index (κ1) is 16.5. The van der Waals surface area contributed by atoms with Crippen LogP contribution in [0.25, 0.3) is 20.7 Å². The van der Waals surface area contributed by atoms with Crippen LogP contribution in [0.1, 0.15) is 10.4 Å². The van der Waals surface area contributed by atoms with E-state index in [4.69, 9.17) is 16.7 Å². The quantitative estimate of drug-likeness (QED) is 0.459. The van der Waals surface area contributed by atoms with E-state index in [1.807, 2.05) is 36.4 Å². The molecule has 0 aliphatic heterocycles. The highest BCUT2D eigenvalue weighted by atomic mass is 35.5. The van der Waals surface area contributed by atoms with E-state index in [0.717, 1.165) is 26.3 Å². The molecule has 0 saturated heterocycles. The molecule has 0 amide bonds. The molecule has 0 fully saturated rings. The van der Waals surface area contributed by atoms with E-state index in [0.29, 0.717) is 5.82 Å². The molecule has 2 N–H and O–H groups in total. The molecule has 2 aromatic heterocycles. The van der Waals surface area contributed by atoms with Crippen LogP contribution in [0.3, 0.4) is 0 Å². The molecule has 0 aliphatic carbocycles. The van der Waals surface area contributed by atoms with E-state index in [2.05, 4.69) is 15.3 Å². The van der Waals surface area contributed by atoms with E-state index < -0.39 is 5.97 Å². The standard InChI is InChI=1S/C19H12ClN3O2S/c20-19-22-16(21-13-8-6-12(7-9-13)18(24)25)14-10-15(26-17(14)23-19)11-4-2-1-3-5-11/h1-10H,(H,24,25)(H,21,22,23). The average Bonchev–Trinajstić information content (AvgIpc) is 3.07. The van der Waals surface area contributed by atoms with Crippen LogP contribution in [0.4, 0.5) is 11.5 Å². The van der Waals surface area contributed by atoms with Gasteiger partial charge < -0.3 is 10.4 Å². The Balaban J connectivity index is 1.74. The molecule has 128 valence electrons. The van der Waals surface area contributed by atoms with Gasteiger partial charge in [-0.1, -0.05) is 30.3 Å². The second kappa shape index (κ2) is 6.74. The molecule has 26 heavy (non-hydrogen) atoms. The lowest BCUT2D eigenvalue weighted by atomic mass is 10.2. The molecule has 2 aromatic carbocycles. The largest absolute Gasteiger partial charge is 0.478 e. The van der Waals surface area contributed by atoms with E-state index in [-0.39, 0.29) is 10.8 Å². The normalized spacial score (nSPS) is 10.8. The lowest BCUT2D eigenvalue weighted by molar-refractivity contribution is 0.0697. The summed E-state index contributed by atoms with van der Waals surface area (Å²) < 4.78 is 0. The zero-order valence-electron chi connectivity index (χ0n) is 13.3. The Bertz CT molecular complexity index is 1100. The minimum absolute atomic E-state index is 0.156. The van der Waals surface area contributed by atoms with Crippen molar-refractivity contribution < 1.29 is 9.90 Å². The lowest BCUT2D eigenvalue weighted by Crippen LogP contribution is -1.98. The third-order valence-corrected chi connectivity index (χ3v) is 5.07. The van der Waals surface area contributed by atoms with Gasteiger partial charge in [0.25, 0.3) is 0 Å². The van der Waals surface area contributed by atoms with Crippen molar-refractivity contribution in [2.45, 2.75) is 0 Å². The summed E-state index contributed by atoms with van der Waals surface area (Å²) in [7, 11) is 0. The van der Waals surface area contributed by atoms with Gasteiger partial charge in [-0.15, -0.1) is 11.3 Å². The molecule has 4 rings (SSSR count). The molecule has 4 aromatic rings. The fourth-order valence-corrected chi connectivity index (χ4v) is 3.82. The Morgan fingerprint density at radius 3 is 2.46 bits per heavy atom. The number of thiophene rings is 1. The third-order valence-electron chi connectivity index (χ3n) is 3.82. The number of carbonyl (C=O) groups is 1. The molecule has 0 radical (unpaired) electrons. The molecule has 0 aliphatic rings. The van der Waals surface area contributed by atoms with Crippen molar-refractivity contribution in [3.63, 3.8) is 0 Å². The molecule has 0 bridgehead atoms. The van der Waals surface area contributed by atoms with Gasteiger partial charge in [-0.05, 0) is 47.5 Å². The van der Waals surface area contributed by atoms with Crippen LogP contribution in [-0.2, 0) is 0 Å². The van der Waals surface area contributed by atoms with E-state index >= 15 is 0 Å². The van der Waals surface area contributed by atoms with Crippen molar-refractivity contribution >= 4 is 50.6 Å². The van der Waals surface area contributed by atoms with Gasteiger partial charge in [-0.2, -0.15) is 4.98 Å². The van der Waals surface area contributed by atoms with Gasteiger partial charge >= 0.3 is 5.97 Å². The number of aromatic nitrogens is 2. The van der Waals surface area contributed by atoms with Crippen molar-refractivity contribution in [1.29, 1.82) is 0 Å². The lowest BCUT2D eigenvalue weighted by Gasteiger charge is -2.07. The molecule has 0 spiro atoms. The first-order valence-corrected chi connectivity index (χ1v) is 8.92. The maximum Gasteiger partial charge on any atom is 0.335 e. The monoisotopic (exact) mass is 381 g/mol. The number of rotatable bonds is 4. The summed E-state index contributed by atoms with van der Waals surface area (Å²) in [6, 6.07) is 18.5. The number of halogens is 1. The number of carboxylic acid groups (broad SMARTS) is 1. The second-order valence-corrected chi connectivity index (χ2v) is 6.91. The van der Waals surface area contributed by atoms with Crippen LogP contribution in [0.15, 0.2) is 60.7 Å². The molecular formula is C19H12ClN3O2S. The van der Waals surface area contributed by atoms with Gasteiger partial charge in [0.05, 0.1) is 10.9 Å². The summed E-state index contributed by atoms with van der Waals surface area (Å²) in [5.41, 5.74) is 2.05. The third kappa shape index (κ3) is 3.24. The molecule has 5 nitrogen and oxygen atoms in total. The Kier molecular flexibility index (Phi) is 4.28. The maximum absolute atomic E-state index is 11.0. The van der Waals surface area contributed by atoms with Gasteiger partial charge in [0.15, 0.2) is 0 Å². The van der Waals surface area contributed by atoms with E-state index in [9.17, 15) is 4.79 Å². The topological polar surface area (TPSA) is 75.1 Å². The zero-order chi connectivity index (χ0) is 18.1. The van der Waals surface area contributed by atoms with Crippen molar-refractivity contribution in [1.82, 2.24) is 9.97 Å². The van der Waals surface area contributed by atoms with Crippen LogP contribution in [-0.4, -0.2) is 21.0 Å². The van der Waals surface area contributed by atoms with Gasteiger partial charge in [0, 0.05) is 10.6 Å². The van der Waals surface area contributed by atoms with Crippen molar-refractivity contribution in [3.05, 3.63) is 71.5 Å². The van der Waals surface area contributed by atoms with Crippen molar-refractivity contribution in [2.24, 2.45) is 0 Å². The summed E-state index contributed by atoms with van der Waals surface area (Å²) in [5, 5.41) is 13.2. The Morgan fingerprint density at radius 2 is 1.77 bits per heavy atom. The van der Waals surface area contributed by atoms with E-state index in [1.54, 1.807) is 23.5 Å². The summed E-state index contributed by atoms with van der Waals surface area (Å²) >= 11 is 7.62. The molecule has 7 heteroatoms. The van der Waals surface area contributed by atoms with Gasteiger partial charge in [0.2, 0.25) is 5.28 Å². The smallest absolute Gasteiger partial charge is 0.335 e. The molecule has 0 saturated carbocycles. The molecule has 0 unspecified atom stereocenters. The number of hydrogen-bond donors (Lipinski definition) is 2. The predicted molar refractivity (Wildman–Crippen MR) is 105 cm³/mol. The highest BCUT2D eigenvalue weighted by Crippen LogP contribution is 2.36. The SMILES string of the molecule is O=C(O)c1ccc(Nc2nc(Cl)nc3sc(-c4ccccc4)cc23)cc1. The highest BCUT2D eigenvalue weighted by molar-refractivity contribution is 7.22. The van der Waals surface area contributed by atoms with Crippen molar-refractivity contribution in [3.8, 4) is 10.4 Å². The fraction of sp³-hybridized carbons (Fsp3) is 0. The van der Waals surface area contributed by atoms with Crippen LogP contribution < -0.4 is 5.32 Å². The molecule has 0 atom stereocenters. The van der Waals surface area contributed by atoms with Crippen LogP contribution in [0, 0.1) is 0 Å². The second-order valence-electron chi connectivity index (χ2n) is 5.54. The van der Waals surface area contributed by atoms with Crippen LogP contribution in [0.5, 0.6) is 0 Å². The Labute approximate surface area is 157 Å². The first-order valence-electron chi connectivity index (χ1n) is 7.73. The van der Waals surface area contributed by atoms with Gasteiger partial charge in [0.1, 0.15) is 10.6 Å². The van der Waals surface area contributed by atoms with Gasteiger partial charge in [-0.25, -0.2) is 9.78 Å². The zero-order valence-corrected chi connectivity index (χ0v) is 14.9. The number of fused-ring (bicyclic) bond motifs is 1. The minimum atomic E-state index is -0.964. The number of anilines is 2. The summed E-state index contributed by atoms with van der Waals surface area (Å²) in [6.07, 6.45) is 0. The first-order chi connectivity index (χ1) is 12.6. The number of benzene rings is 2. The average molecular weight is 382 g/mol. The van der Waals surface area contributed by atoms with Crippen LogP contribution in [0.2, 0.25) is 5.28 Å². The number of nitrogens with one attached hydrogen (secondary N) is 1. The molecule has 2 heterocycles. The summed E-state index contributed by atoms with van der Waals surface area (Å²) in [4.78, 5) is 21.4. The Hall–Kier alpha value is -2.96. The summed E-state index contributed by atoms with van der Waals surface area (Å²) in [5.74, 6) is -0.379. The highest BCUT2D eigenvalue weighted by Gasteiger charge is 2.13. The number of nitrogens with zero attached hydrogens (tertiary/aromatic N) is 2. The number of aromatic carboxylic acids is 1. The predicted octanol–water partition coefficient (Wildman–Crippen LogP) is 5.45. The maximum atomic E-state index is 11.0. The van der Waals surface area contributed by atoms with Crippen LogP contribution >= 0.6 is 22.9 Å². The molecular weight excluding hydrogens is 370 g/mol. The fourth-order valence-electron chi connectivity index (χ4n) is 2.57. The minimum Gasteiger partial charge on any atom is -0.478 e. The number of carboxylic acids is 1. The summed E-state index contributed by atoms with van der Waals surface area (Å²) in [6.45, 7) is 0. The van der Waals surface area contributed by atoms with Gasteiger partial charge in [-0.3, -0.25) is 0 Å². The Morgan fingerprint density at radius 1 is 1.04 bits per heavy atom. The van der Waals surface area contributed by atoms with E-state index in [1.165, 1.54) is 12.1 Å². The van der Waals surface area contributed by atoms with Crippen molar-refractivity contribution in [2.75, 3.05) is 5.32 Å².